The van der Waals surface area contributed by atoms with Crippen molar-refractivity contribution in [1.29, 1.82) is 0 Å². The minimum absolute atomic E-state index is 0.109. The zero-order chi connectivity index (χ0) is 11.7. The number of halogens is 2. The summed E-state index contributed by atoms with van der Waals surface area (Å²) in [5.74, 6) is 0. The molecule has 0 radical (unpaired) electrons. The van der Waals surface area contributed by atoms with Crippen molar-refractivity contribution in [3.63, 3.8) is 0 Å². The van der Waals surface area contributed by atoms with E-state index in [2.05, 4.69) is 5.10 Å². The number of rotatable bonds is 2. The van der Waals surface area contributed by atoms with E-state index in [1.165, 1.54) is 0 Å². The van der Waals surface area contributed by atoms with E-state index in [0.29, 0.717) is 21.4 Å². The molecule has 1 aromatic heterocycles. The van der Waals surface area contributed by atoms with Gasteiger partial charge in [-0.15, -0.1) is 0 Å². The Morgan fingerprint density at radius 1 is 1.31 bits per heavy atom. The summed E-state index contributed by atoms with van der Waals surface area (Å²) in [7, 11) is 0. The number of aliphatic hydroxyl groups excluding tert-OH is 1. The third-order valence-electron chi connectivity index (χ3n) is 2.22. The summed E-state index contributed by atoms with van der Waals surface area (Å²) >= 11 is 12.2. The van der Waals surface area contributed by atoms with Gasteiger partial charge in [-0.2, -0.15) is 5.10 Å². The summed E-state index contributed by atoms with van der Waals surface area (Å²) in [5, 5.41) is 14.5. The average Bonchev–Trinajstić information content (AvgIpc) is 2.59. The maximum atomic E-state index is 9.23. The normalized spacial score (nSPS) is 10.8. The van der Waals surface area contributed by atoms with Gasteiger partial charge in [0.15, 0.2) is 0 Å². The number of hydrogen-bond acceptors (Lipinski definition) is 2. The molecule has 5 heteroatoms. The molecule has 0 saturated heterocycles. The molecule has 0 bridgehead atoms. The van der Waals surface area contributed by atoms with E-state index in [9.17, 15) is 5.11 Å². The predicted molar refractivity (Wildman–Crippen MR) is 64.2 cm³/mol. The fourth-order valence-electron chi connectivity index (χ4n) is 1.55. The van der Waals surface area contributed by atoms with Crippen molar-refractivity contribution >= 4 is 23.2 Å². The van der Waals surface area contributed by atoms with E-state index in [4.69, 9.17) is 23.2 Å². The van der Waals surface area contributed by atoms with E-state index >= 15 is 0 Å². The standard InChI is InChI=1S/C11H10Cl2N2O/c1-7-5-8(6-16)15(14-7)11-9(12)3-2-4-10(11)13/h2-5,16H,6H2,1H3. The molecule has 1 N–H and O–H groups in total. The Morgan fingerprint density at radius 3 is 2.50 bits per heavy atom. The molecule has 0 saturated carbocycles. The Kier molecular flexibility index (Phi) is 3.19. The van der Waals surface area contributed by atoms with Gasteiger partial charge >= 0.3 is 0 Å². The highest BCUT2D eigenvalue weighted by Crippen LogP contribution is 2.29. The minimum Gasteiger partial charge on any atom is -0.390 e. The lowest BCUT2D eigenvalue weighted by atomic mass is 10.3. The predicted octanol–water partition coefficient (Wildman–Crippen LogP) is 2.98. The minimum atomic E-state index is -0.109. The van der Waals surface area contributed by atoms with Gasteiger partial charge in [0.1, 0.15) is 5.69 Å². The lowest BCUT2D eigenvalue weighted by molar-refractivity contribution is 0.273. The van der Waals surface area contributed by atoms with Gasteiger partial charge < -0.3 is 5.11 Å². The first-order valence-electron chi connectivity index (χ1n) is 4.74. The fourth-order valence-corrected chi connectivity index (χ4v) is 2.11. The molecule has 1 aromatic carbocycles. The molecular weight excluding hydrogens is 247 g/mol. The molecule has 3 nitrogen and oxygen atoms in total. The molecule has 0 atom stereocenters. The van der Waals surface area contributed by atoms with E-state index < -0.39 is 0 Å². The van der Waals surface area contributed by atoms with Crippen LogP contribution in [-0.2, 0) is 6.61 Å². The maximum absolute atomic E-state index is 9.23. The molecule has 0 amide bonds. The molecular formula is C11H10Cl2N2O. The van der Waals surface area contributed by atoms with Gasteiger partial charge in [0.05, 0.1) is 28.0 Å². The van der Waals surface area contributed by atoms with Gasteiger partial charge in [-0.1, -0.05) is 29.3 Å². The van der Waals surface area contributed by atoms with Crippen LogP contribution in [0.15, 0.2) is 24.3 Å². The summed E-state index contributed by atoms with van der Waals surface area (Å²) in [6, 6.07) is 7.03. The number of aromatic nitrogens is 2. The summed E-state index contributed by atoms with van der Waals surface area (Å²) in [6.45, 7) is 1.74. The molecule has 16 heavy (non-hydrogen) atoms. The average molecular weight is 257 g/mol. The Bertz CT molecular complexity index is 502. The van der Waals surface area contributed by atoms with Crippen molar-refractivity contribution in [2.24, 2.45) is 0 Å². The number of para-hydroxylation sites is 1. The summed E-state index contributed by atoms with van der Waals surface area (Å²) in [5.41, 5.74) is 2.07. The zero-order valence-electron chi connectivity index (χ0n) is 8.61. The summed E-state index contributed by atoms with van der Waals surface area (Å²) < 4.78 is 1.57. The molecule has 0 spiro atoms. The fraction of sp³-hybridized carbons (Fsp3) is 0.182. The molecule has 2 aromatic rings. The van der Waals surface area contributed by atoms with Gasteiger partial charge in [0.2, 0.25) is 0 Å². The number of hydrogen-bond donors (Lipinski definition) is 1. The van der Waals surface area contributed by atoms with Crippen LogP contribution >= 0.6 is 23.2 Å². The molecule has 2 rings (SSSR count). The van der Waals surface area contributed by atoms with Gasteiger partial charge in [0, 0.05) is 0 Å². The highest BCUT2D eigenvalue weighted by atomic mass is 35.5. The Labute approximate surface area is 103 Å². The van der Waals surface area contributed by atoms with Crippen LogP contribution in [0.4, 0.5) is 0 Å². The lowest BCUT2D eigenvalue weighted by Crippen LogP contribution is -2.03. The Morgan fingerprint density at radius 2 is 1.94 bits per heavy atom. The van der Waals surface area contributed by atoms with Crippen LogP contribution in [0.5, 0.6) is 0 Å². The van der Waals surface area contributed by atoms with Crippen molar-refractivity contribution in [3.8, 4) is 5.69 Å². The van der Waals surface area contributed by atoms with Crippen LogP contribution in [0.1, 0.15) is 11.4 Å². The van der Waals surface area contributed by atoms with E-state index in [1.807, 2.05) is 6.92 Å². The second kappa shape index (κ2) is 4.45. The van der Waals surface area contributed by atoms with Gasteiger partial charge in [-0.05, 0) is 25.1 Å². The van der Waals surface area contributed by atoms with Gasteiger partial charge in [-0.3, -0.25) is 0 Å². The molecule has 0 fully saturated rings. The van der Waals surface area contributed by atoms with Crippen molar-refractivity contribution in [1.82, 2.24) is 9.78 Å². The first-order chi connectivity index (χ1) is 7.63. The van der Waals surface area contributed by atoms with Crippen LogP contribution < -0.4 is 0 Å². The van der Waals surface area contributed by atoms with E-state index in [0.717, 1.165) is 5.69 Å². The molecule has 0 aliphatic heterocycles. The van der Waals surface area contributed by atoms with Crippen LogP contribution in [-0.4, -0.2) is 14.9 Å². The molecule has 1 heterocycles. The highest BCUT2D eigenvalue weighted by Gasteiger charge is 2.12. The van der Waals surface area contributed by atoms with Crippen molar-refractivity contribution in [2.45, 2.75) is 13.5 Å². The van der Waals surface area contributed by atoms with Gasteiger partial charge in [-0.25, -0.2) is 4.68 Å². The smallest absolute Gasteiger partial charge is 0.102 e. The molecule has 0 aliphatic carbocycles. The quantitative estimate of drug-likeness (QED) is 0.898. The van der Waals surface area contributed by atoms with Crippen LogP contribution in [0.2, 0.25) is 10.0 Å². The van der Waals surface area contributed by atoms with Crippen LogP contribution in [0.25, 0.3) is 5.69 Å². The van der Waals surface area contributed by atoms with Crippen LogP contribution in [0.3, 0.4) is 0 Å². The maximum Gasteiger partial charge on any atom is 0.102 e. The van der Waals surface area contributed by atoms with Gasteiger partial charge in [0.25, 0.3) is 0 Å². The molecule has 0 aliphatic rings. The van der Waals surface area contributed by atoms with E-state index in [-0.39, 0.29) is 6.61 Å². The summed E-state index contributed by atoms with van der Waals surface area (Å²) in [6.07, 6.45) is 0. The zero-order valence-corrected chi connectivity index (χ0v) is 10.1. The second-order valence-electron chi connectivity index (χ2n) is 3.42. The second-order valence-corrected chi connectivity index (χ2v) is 4.23. The first-order valence-corrected chi connectivity index (χ1v) is 5.50. The topological polar surface area (TPSA) is 38.0 Å². The number of benzene rings is 1. The third-order valence-corrected chi connectivity index (χ3v) is 2.83. The monoisotopic (exact) mass is 256 g/mol. The first kappa shape index (κ1) is 11.5. The number of nitrogens with zero attached hydrogens (tertiary/aromatic N) is 2. The van der Waals surface area contributed by atoms with Crippen molar-refractivity contribution in [2.75, 3.05) is 0 Å². The molecule has 0 unspecified atom stereocenters. The molecule has 84 valence electrons. The third kappa shape index (κ3) is 1.94. The Balaban J connectivity index is 2.66. The van der Waals surface area contributed by atoms with E-state index in [1.54, 1.807) is 28.9 Å². The Hall–Kier alpha value is -1.03. The summed E-state index contributed by atoms with van der Waals surface area (Å²) in [4.78, 5) is 0. The van der Waals surface area contributed by atoms with Crippen LogP contribution in [0, 0.1) is 6.92 Å². The lowest BCUT2D eigenvalue weighted by Gasteiger charge is -2.09. The number of aliphatic hydroxyl groups is 1. The highest BCUT2D eigenvalue weighted by molar-refractivity contribution is 6.37. The SMILES string of the molecule is Cc1cc(CO)n(-c2c(Cl)cccc2Cl)n1. The van der Waals surface area contributed by atoms with Crippen molar-refractivity contribution < 1.29 is 5.11 Å². The largest absolute Gasteiger partial charge is 0.390 e. The van der Waals surface area contributed by atoms with Crippen molar-refractivity contribution in [3.05, 3.63) is 45.7 Å². The number of aryl methyl sites for hydroxylation is 1.